The highest BCUT2D eigenvalue weighted by atomic mass is 32.2. The first-order chi connectivity index (χ1) is 11.9. The fourth-order valence-corrected chi connectivity index (χ4v) is 3.41. The molecule has 25 heavy (non-hydrogen) atoms. The van der Waals surface area contributed by atoms with E-state index in [2.05, 4.69) is 0 Å². The Hall–Kier alpha value is -1.67. The van der Waals surface area contributed by atoms with Crippen molar-refractivity contribution in [3.05, 3.63) is 64.7 Å². The van der Waals surface area contributed by atoms with Gasteiger partial charge >= 0.3 is 0 Å². The second-order valence-electron chi connectivity index (χ2n) is 5.88. The minimum Gasteiger partial charge on any atom is -0.242 e. The molecule has 1 fully saturated rings. The SMILES string of the molecule is Fc1ccc(CN(CC2CC2)Sc2c(F)c(F)c(F)c(F)c2F)cc1. The second kappa shape index (κ2) is 7.29. The topological polar surface area (TPSA) is 3.24 Å². The maximum atomic E-state index is 13.9. The minimum absolute atomic E-state index is 0.181. The van der Waals surface area contributed by atoms with Crippen LogP contribution in [-0.2, 0) is 6.54 Å². The van der Waals surface area contributed by atoms with Crippen molar-refractivity contribution in [2.75, 3.05) is 6.54 Å². The molecule has 0 heterocycles. The molecular weight excluding hydrogens is 364 g/mol. The summed E-state index contributed by atoms with van der Waals surface area (Å²) in [5, 5.41) is 0. The van der Waals surface area contributed by atoms with Crippen LogP contribution in [0, 0.1) is 40.8 Å². The van der Waals surface area contributed by atoms with Crippen LogP contribution in [0.4, 0.5) is 26.3 Å². The normalized spacial score (nSPS) is 14.4. The molecule has 0 atom stereocenters. The largest absolute Gasteiger partial charge is 0.242 e. The molecule has 8 heteroatoms. The van der Waals surface area contributed by atoms with E-state index in [1.165, 1.54) is 28.6 Å². The number of nitrogens with zero attached hydrogens (tertiary/aromatic N) is 1. The average Bonchev–Trinajstić information content (AvgIpc) is 3.41. The molecule has 0 saturated heterocycles. The van der Waals surface area contributed by atoms with Gasteiger partial charge in [0.1, 0.15) is 10.7 Å². The lowest BCUT2D eigenvalue weighted by molar-refractivity contribution is 0.358. The van der Waals surface area contributed by atoms with Crippen LogP contribution in [0.3, 0.4) is 0 Å². The first-order valence-electron chi connectivity index (χ1n) is 7.55. The Morgan fingerprint density at radius 3 is 1.84 bits per heavy atom. The van der Waals surface area contributed by atoms with E-state index in [4.69, 9.17) is 0 Å². The van der Waals surface area contributed by atoms with Crippen molar-refractivity contribution < 1.29 is 26.3 Å². The van der Waals surface area contributed by atoms with Gasteiger partial charge in [0.25, 0.3) is 0 Å². The molecule has 0 radical (unpaired) electrons. The van der Waals surface area contributed by atoms with E-state index in [1.807, 2.05) is 0 Å². The number of halogens is 6. The van der Waals surface area contributed by atoms with Crippen LogP contribution in [0.2, 0.25) is 0 Å². The predicted octanol–water partition coefficient (Wildman–Crippen LogP) is 5.44. The Balaban J connectivity index is 1.86. The maximum absolute atomic E-state index is 13.9. The molecule has 0 N–H and O–H groups in total. The quantitative estimate of drug-likeness (QED) is 0.285. The first-order valence-corrected chi connectivity index (χ1v) is 8.33. The Bertz CT molecular complexity index is 747. The van der Waals surface area contributed by atoms with Crippen LogP contribution in [-0.4, -0.2) is 10.8 Å². The van der Waals surface area contributed by atoms with Gasteiger partial charge in [-0.2, -0.15) is 0 Å². The molecule has 0 bridgehead atoms. The minimum atomic E-state index is -2.17. The summed E-state index contributed by atoms with van der Waals surface area (Å²) in [4.78, 5) is -0.931. The second-order valence-corrected chi connectivity index (χ2v) is 6.99. The van der Waals surface area contributed by atoms with Crippen molar-refractivity contribution in [1.82, 2.24) is 4.31 Å². The van der Waals surface area contributed by atoms with Gasteiger partial charge in [-0.1, -0.05) is 12.1 Å². The molecule has 0 aliphatic heterocycles. The van der Waals surface area contributed by atoms with Crippen LogP contribution in [0.5, 0.6) is 0 Å². The van der Waals surface area contributed by atoms with Gasteiger partial charge in [-0.05, 0) is 48.4 Å². The summed E-state index contributed by atoms with van der Waals surface area (Å²) in [6, 6.07) is 5.50. The van der Waals surface area contributed by atoms with Crippen molar-refractivity contribution in [2.45, 2.75) is 24.3 Å². The Kier molecular flexibility index (Phi) is 5.29. The van der Waals surface area contributed by atoms with E-state index in [-0.39, 0.29) is 6.54 Å². The van der Waals surface area contributed by atoms with Gasteiger partial charge in [0.15, 0.2) is 23.3 Å². The van der Waals surface area contributed by atoms with Gasteiger partial charge in [0, 0.05) is 13.1 Å². The number of hydrogen-bond acceptors (Lipinski definition) is 2. The third-order valence-corrected chi connectivity index (χ3v) is 4.90. The fraction of sp³-hybridized carbons (Fsp3) is 0.294. The molecule has 3 rings (SSSR count). The third-order valence-electron chi connectivity index (χ3n) is 3.82. The van der Waals surface area contributed by atoms with E-state index in [0.29, 0.717) is 30.0 Å². The zero-order chi connectivity index (χ0) is 18.1. The summed E-state index contributed by atoms with van der Waals surface area (Å²) in [7, 11) is 0. The molecule has 1 aliphatic rings. The smallest absolute Gasteiger partial charge is 0.200 e. The molecule has 2 aromatic rings. The first kappa shape index (κ1) is 18.1. The van der Waals surface area contributed by atoms with Crippen molar-refractivity contribution in [2.24, 2.45) is 5.92 Å². The number of rotatable bonds is 6. The highest BCUT2D eigenvalue weighted by molar-refractivity contribution is 7.97. The van der Waals surface area contributed by atoms with Crippen LogP contribution in [0.1, 0.15) is 18.4 Å². The van der Waals surface area contributed by atoms with Gasteiger partial charge < -0.3 is 0 Å². The van der Waals surface area contributed by atoms with Gasteiger partial charge in [0.05, 0.1) is 0 Å². The summed E-state index contributed by atoms with van der Waals surface area (Å²) in [6.07, 6.45) is 1.88. The van der Waals surface area contributed by atoms with Crippen LogP contribution in [0.15, 0.2) is 29.2 Å². The molecule has 0 aromatic heterocycles. The monoisotopic (exact) mass is 377 g/mol. The van der Waals surface area contributed by atoms with E-state index in [1.54, 1.807) is 0 Å². The zero-order valence-corrected chi connectivity index (χ0v) is 13.7. The molecule has 1 saturated carbocycles. The lowest BCUT2D eigenvalue weighted by atomic mass is 10.2. The molecular formula is C17H13F6NS. The summed E-state index contributed by atoms with van der Waals surface area (Å²) >= 11 is 0.489. The van der Waals surface area contributed by atoms with E-state index >= 15 is 0 Å². The Morgan fingerprint density at radius 2 is 1.32 bits per heavy atom. The van der Waals surface area contributed by atoms with Crippen molar-refractivity contribution >= 4 is 11.9 Å². The standard InChI is InChI=1S/C17H13F6NS/c18-11-5-3-10(4-6-11)8-24(7-9-1-2-9)25-17-15(22)13(20)12(19)14(21)16(17)23/h3-6,9H,1-2,7-8H2. The third kappa shape index (κ3) is 4.12. The van der Waals surface area contributed by atoms with Crippen LogP contribution >= 0.6 is 11.9 Å². The summed E-state index contributed by atoms with van der Waals surface area (Å²) in [5.41, 5.74) is 0.665. The molecule has 2 aromatic carbocycles. The molecule has 1 aliphatic carbocycles. The summed E-state index contributed by atoms with van der Waals surface area (Å²) < 4.78 is 82.2. The maximum Gasteiger partial charge on any atom is 0.200 e. The van der Waals surface area contributed by atoms with Crippen molar-refractivity contribution in [3.8, 4) is 0 Å². The van der Waals surface area contributed by atoms with Gasteiger partial charge in [0.2, 0.25) is 5.82 Å². The van der Waals surface area contributed by atoms with Gasteiger partial charge in [-0.3, -0.25) is 0 Å². The van der Waals surface area contributed by atoms with Crippen molar-refractivity contribution in [3.63, 3.8) is 0 Å². The summed E-state index contributed by atoms with van der Waals surface area (Å²) in [5.74, 6) is -9.91. The van der Waals surface area contributed by atoms with Crippen molar-refractivity contribution in [1.29, 1.82) is 0 Å². The molecule has 0 unspecified atom stereocenters. The summed E-state index contributed by atoms with van der Waals surface area (Å²) in [6.45, 7) is 0.614. The number of hydrogen-bond donors (Lipinski definition) is 0. The lowest BCUT2D eigenvalue weighted by Gasteiger charge is -2.22. The van der Waals surface area contributed by atoms with Crippen LogP contribution in [0.25, 0.3) is 0 Å². The van der Waals surface area contributed by atoms with E-state index < -0.39 is 39.8 Å². The highest BCUT2D eigenvalue weighted by Gasteiger charge is 2.30. The van der Waals surface area contributed by atoms with Crippen LogP contribution < -0.4 is 0 Å². The van der Waals surface area contributed by atoms with Gasteiger partial charge in [-0.25, -0.2) is 30.6 Å². The molecule has 134 valence electrons. The lowest BCUT2D eigenvalue weighted by Crippen LogP contribution is -2.19. The molecule has 0 spiro atoms. The predicted molar refractivity (Wildman–Crippen MR) is 81.6 cm³/mol. The Morgan fingerprint density at radius 1 is 0.800 bits per heavy atom. The fourth-order valence-electron chi connectivity index (χ4n) is 2.31. The number of benzene rings is 2. The highest BCUT2D eigenvalue weighted by Crippen LogP contribution is 2.37. The zero-order valence-electron chi connectivity index (χ0n) is 12.8. The Labute approximate surface area is 144 Å². The van der Waals surface area contributed by atoms with Gasteiger partial charge in [-0.15, -0.1) is 0 Å². The van der Waals surface area contributed by atoms with E-state index in [0.717, 1.165) is 12.8 Å². The average molecular weight is 377 g/mol. The van der Waals surface area contributed by atoms with E-state index in [9.17, 15) is 26.3 Å². The molecule has 1 nitrogen and oxygen atoms in total. The molecule has 0 amide bonds.